The van der Waals surface area contributed by atoms with Crippen molar-refractivity contribution in [2.24, 2.45) is 12.8 Å². The minimum atomic E-state index is -3.85. The van der Waals surface area contributed by atoms with Gasteiger partial charge in [0.25, 0.3) is 0 Å². The third-order valence-electron chi connectivity index (χ3n) is 2.53. The molecule has 0 saturated heterocycles. The maximum Gasteiger partial charge on any atom is 0.248 e. The highest BCUT2D eigenvalue weighted by molar-refractivity contribution is 7.89. The first-order valence-corrected chi connectivity index (χ1v) is 7.30. The number of primary amides is 1. The van der Waals surface area contributed by atoms with Crippen LogP contribution in [-0.4, -0.2) is 41.5 Å². The molecule has 1 amide bonds. The minimum Gasteiger partial charge on any atom is -0.381 e. The predicted molar refractivity (Wildman–Crippen MR) is 70.5 cm³/mol. The molecule has 0 bridgehead atoms. The molecule has 0 spiro atoms. The Bertz CT molecular complexity index is 552. The molecule has 0 fully saturated rings. The number of carbonyl (C=O) groups is 1. The van der Waals surface area contributed by atoms with Crippen molar-refractivity contribution in [2.45, 2.75) is 24.7 Å². The fourth-order valence-electron chi connectivity index (χ4n) is 1.61. The Labute approximate surface area is 112 Å². The van der Waals surface area contributed by atoms with E-state index in [1.807, 2.05) is 6.92 Å². The molecule has 0 aliphatic rings. The second-order valence-electron chi connectivity index (χ2n) is 4.21. The normalized spacial score (nSPS) is 11.9. The first kappa shape index (κ1) is 15.4. The Hall–Kier alpha value is -1.61. The van der Waals surface area contributed by atoms with Gasteiger partial charge in [0, 0.05) is 19.8 Å². The van der Waals surface area contributed by atoms with Crippen molar-refractivity contribution in [3.63, 3.8) is 0 Å². The van der Waals surface area contributed by atoms with E-state index in [0.717, 1.165) is 10.7 Å². The summed E-state index contributed by atoms with van der Waals surface area (Å²) in [6, 6.07) is 0. The van der Waals surface area contributed by atoms with E-state index >= 15 is 0 Å². The Morgan fingerprint density at radius 1 is 1.53 bits per heavy atom. The predicted octanol–water partition coefficient (Wildman–Crippen LogP) is -0.722. The maximum atomic E-state index is 12.4. The summed E-state index contributed by atoms with van der Waals surface area (Å²) in [6.45, 7) is 1.78. The van der Waals surface area contributed by atoms with Crippen LogP contribution in [0.1, 0.15) is 19.8 Å². The Kier molecular flexibility index (Phi) is 4.90. The summed E-state index contributed by atoms with van der Waals surface area (Å²) in [5.74, 6) is -0.796. The molecular formula is C10H19N5O3S. The Morgan fingerprint density at radius 2 is 2.16 bits per heavy atom. The molecule has 0 radical (unpaired) electrons. The number of anilines is 1. The van der Waals surface area contributed by atoms with Gasteiger partial charge in [0.15, 0.2) is 5.82 Å². The highest BCUT2D eigenvalue weighted by Crippen LogP contribution is 2.20. The topological polar surface area (TPSA) is 124 Å². The van der Waals surface area contributed by atoms with Gasteiger partial charge in [0.2, 0.25) is 15.9 Å². The number of carbonyl (C=O) groups excluding carboxylic acids is 1. The summed E-state index contributed by atoms with van der Waals surface area (Å²) < 4.78 is 27.1. The molecule has 4 N–H and O–H groups in total. The summed E-state index contributed by atoms with van der Waals surface area (Å²) in [6.07, 6.45) is 2.74. The summed E-state index contributed by atoms with van der Waals surface area (Å²) in [7, 11) is -2.28. The molecule has 0 aliphatic carbocycles. The molecule has 1 aromatic heterocycles. The molecule has 0 atom stereocenters. The number of sulfonamides is 1. The fraction of sp³-hybridized carbons (Fsp3) is 0.600. The number of aromatic nitrogens is 2. The van der Waals surface area contributed by atoms with Crippen LogP contribution in [0.3, 0.4) is 0 Å². The van der Waals surface area contributed by atoms with Crippen LogP contribution >= 0.6 is 0 Å². The van der Waals surface area contributed by atoms with Gasteiger partial charge in [0.1, 0.15) is 4.90 Å². The average molecular weight is 289 g/mol. The van der Waals surface area contributed by atoms with Crippen molar-refractivity contribution in [1.29, 1.82) is 0 Å². The van der Waals surface area contributed by atoms with Gasteiger partial charge in [-0.25, -0.2) is 8.42 Å². The lowest BCUT2D eigenvalue weighted by atomic mass is 10.3. The standard InChI is InChI=1S/C10H19N5O3S/c1-3-4-5-15(7-9(11)16)19(17,18)8-6-14(2)13-10(8)12/h6H,3-5,7H2,1-2H3,(H2,11,16)(H2,12,13). The van der Waals surface area contributed by atoms with E-state index in [0.29, 0.717) is 6.42 Å². The number of hydrogen-bond donors (Lipinski definition) is 2. The molecule has 108 valence electrons. The smallest absolute Gasteiger partial charge is 0.248 e. The van der Waals surface area contributed by atoms with Crippen LogP contribution in [0.2, 0.25) is 0 Å². The van der Waals surface area contributed by atoms with Crippen molar-refractivity contribution in [2.75, 3.05) is 18.8 Å². The van der Waals surface area contributed by atoms with Crippen molar-refractivity contribution >= 4 is 21.7 Å². The van der Waals surface area contributed by atoms with Crippen LogP contribution in [0.5, 0.6) is 0 Å². The minimum absolute atomic E-state index is 0.0894. The van der Waals surface area contributed by atoms with Gasteiger partial charge in [0.05, 0.1) is 6.54 Å². The van der Waals surface area contributed by atoms with Crippen LogP contribution in [0, 0.1) is 0 Å². The van der Waals surface area contributed by atoms with Crippen LogP contribution in [0.25, 0.3) is 0 Å². The van der Waals surface area contributed by atoms with Gasteiger partial charge in [-0.05, 0) is 6.42 Å². The van der Waals surface area contributed by atoms with Gasteiger partial charge >= 0.3 is 0 Å². The van der Waals surface area contributed by atoms with Gasteiger partial charge in [-0.15, -0.1) is 0 Å². The van der Waals surface area contributed by atoms with Crippen molar-refractivity contribution in [3.8, 4) is 0 Å². The zero-order chi connectivity index (χ0) is 14.6. The van der Waals surface area contributed by atoms with E-state index in [9.17, 15) is 13.2 Å². The van der Waals surface area contributed by atoms with E-state index < -0.39 is 15.9 Å². The van der Waals surface area contributed by atoms with Crippen molar-refractivity contribution in [1.82, 2.24) is 14.1 Å². The maximum absolute atomic E-state index is 12.4. The second-order valence-corrected chi connectivity index (χ2v) is 6.12. The second kappa shape index (κ2) is 6.02. The molecule has 1 aromatic rings. The van der Waals surface area contributed by atoms with Gasteiger partial charge in [-0.1, -0.05) is 13.3 Å². The highest BCUT2D eigenvalue weighted by atomic mass is 32.2. The molecule has 8 nitrogen and oxygen atoms in total. The van der Waals surface area contributed by atoms with Gasteiger partial charge in [-0.2, -0.15) is 9.40 Å². The van der Waals surface area contributed by atoms with Gasteiger partial charge in [-0.3, -0.25) is 9.48 Å². The van der Waals surface area contributed by atoms with E-state index in [-0.39, 0.29) is 23.8 Å². The Balaban J connectivity index is 3.11. The van der Waals surface area contributed by atoms with E-state index in [4.69, 9.17) is 11.5 Å². The summed E-state index contributed by atoms with van der Waals surface area (Å²) in [5.41, 5.74) is 10.7. The van der Waals surface area contributed by atoms with Crippen LogP contribution in [0.4, 0.5) is 5.82 Å². The first-order valence-electron chi connectivity index (χ1n) is 5.86. The third kappa shape index (κ3) is 3.67. The molecule has 0 unspecified atom stereocenters. The summed E-state index contributed by atoms with van der Waals surface area (Å²) in [5, 5.41) is 3.79. The third-order valence-corrected chi connectivity index (χ3v) is 4.39. The molecule has 0 aliphatic heterocycles. The zero-order valence-electron chi connectivity index (χ0n) is 11.0. The quantitative estimate of drug-likeness (QED) is 0.685. The summed E-state index contributed by atoms with van der Waals surface area (Å²) >= 11 is 0. The number of hydrogen-bond acceptors (Lipinski definition) is 5. The number of rotatable bonds is 7. The molecule has 0 saturated carbocycles. The fourth-order valence-corrected chi connectivity index (χ4v) is 3.15. The monoisotopic (exact) mass is 289 g/mol. The molecule has 1 heterocycles. The zero-order valence-corrected chi connectivity index (χ0v) is 11.9. The van der Waals surface area contributed by atoms with Crippen LogP contribution in [0.15, 0.2) is 11.1 Å². The van der Waals surface area contributed by atoms with E-state index in [1.165, 1.54) is 10.9 Å². The molecule has 1 rings (SSSR count). The van der Waals surface area contributed by atoms with Crippen LogP contribution < -0.4 is 11.5 Å². The lowest BCUT2D eigenvalue weighted by Crippen LogP contribution is -2.39. The number of nitrogens with zero attached hydrogens (tertiary/aromatic N) is 3. The summed E-state index contributed by atoms with van der Waals surface area (Å²) in [4.78, 5) is 10.9. The Morgan fingerprint density at radius 3 is 2.58 bits per heavy atom. The lowest BCUT2D eigenvalue weighted by molar-refractivity contribution is -0.118. The number of amides is 1. The number of aryl methyl sites for hydroxylation is 1. The van der Waals surface area contributed by atoms with Gasteiger partial charge < -0.3 is 11.5 Å². The molecule has 0 aromatic carbocycles. The van der Waals surface area contributed by atoms with Crippen molar-refractivity contribution < 1.29 is 13.2 Å². The molecular weight excluding hydrogens is 270 g/mol. The number of nitrogens with two attached hydrogens (primary N) is 2. The lowest BCUT2D eigenvalue weighted by Gasteiger charge is -2.19. The molecule has 19 heavy (non-hydrogen) atoms. The first-order chi connectivity index (χ1) is 8.78. The van der Waals surface area contributed by atoms with E-state index in [2.05, 4.69) is 5.10 Å². The molecule has 9 heteroatoms. The van der Waals surface area contributed by atoms with Crippen LogP contribution in [-0.2, 0) is 21.9 Å². The van der Waals surface area contributed by atoms with E-state index in [1.54, 1.807) is 7.05 Å². The highest BCUT2D eigenvalue weighted by Gasteiger charge is 2.29. The SMILES string of the molecule is CCCCN(CC(N)=O)S(=O)(=O)c1cn(C)nc1N. The largest absolute Gasteiger partial charge is 0.381 e. The number of nitrogen functional groups attached to an aromatic ring is 1. The average Bonchev–Trinajstić information content (AvgIpc) is 2.63. The van der Waals surface area contributed by atoms with Crippen molar-refractivity contribution in [3.05, 3.63) is 6.20 Å². The number of unbranched alkanes of at least 4 members (excludes halogenated alkanes) is 1.